The summed E-state index contributed by atoms with van der Waals surface area (Å²) in [6.07, 6.45) is 6.80. The van der Waals surface area contributed by atoms with Crippen LogP contribution in [0.15, 0.2) is 84.0 Å². The van der Waals surface area contributed by atoms with Gasteiger partial charge in [0, 0.05) is 66.1 Å². The van der Waals surface area contributed by atoms with Crippen LogP contribution in [0, 0.1) is 11.7 Å². The number of fused-ring (bicyclic) bond motifs is 1. The molecule has 0 bridgehead atoms. The average Bonchev–Trinajstić information content (AvgIpc) is 3.46. The summed E-state index contributed by atoms with van der Waals surface area (Å²) in [5.74, 6) is -0.0937. The number of hydrogen-bond acceptors (Lipinski definition) is 6. The quantitative estimate of drug-likeness (QED) is 0.219. The highest BCUT2D eigenvalue weighted by atomic mass is 19.1. The molecule has 2 aromatic carbocycles. The van der Waals surface area contributed by atoms with Crippen LogP contribution in [0.2, 0.25) is 0 Å². The topological polar surface area (TPSA) is 124 Å². The smallest absolute Gasteiger partial charge is 0.271 e. The van der Waals surface area contributed by atoms with Gasteiger partial charge in [-0.1, -0.05) is 26.0 Å². The highest BCUT2D eigenvalue weighted by Gasteiger charge is 2.28. The van der Waals surface area contributed by atoms with E-state index >= 15 is 0 Å². The van der Waals surface area contributed by atoms with Crippen LogP contribution in [0.25, 0.3) is 22.3 Å². The largest absolute Gasteiger partial charge is 0.493 e. The average molecular weight is 637 g/mol. The molecule has 6 rings (SSSR count). The molecule has 1 aliphatic rings. The van der Waals surface area contributed by atoms with Gasteiger partial charge in [0.1, 0.15) is 22.9 Å². The number of anilines is 2. The number of hydrogen-bond donors (Lipinski definition) is 2. The van der Waals surface area contributed by atoms with E-state index in [9.17, 15) is 18.8 Å². The molecule has 0 radical (unpaired) electrons. The van der Waals surface area contributed by atoms with Gasteiger partial charge in [-0.25, -0.2) is 9.37 Å². The van der Waals surface area contributed by atoms with Gasteiger partial charge >= 0.3 is 0 Å². The lowest BCUT2D eigenvalue weighted by atomic mass is 9.92. The van der Waals surface area contributed by atoms with Crippen LogP contribution in [0.1, 0.15) is 55.6 Å². The normalized spacial score (nSPS) is 13.7. The first kappa shape index (κ1) is 31.5. The lowest BCUT2D eigenvalue weighted by Gasteiger charge is -2.33. The van der Waals surface area contributed by atoms with E-state index in [1.807, 2.05) is 37.1 Å². The zero-order chi connectivity index (χ0) is 33.2. The molecule has 1 fully saturated rings. The van der Waals surface area contributed by atoms with E-state index in [1.165, 1.54) is 35.0 Å². The van der Waals surface area contributed by atoms with Gasteiger partial charge < -0.3 is 25.1 Å². The Bertz CT molecular complexity index is 1990. The van der Waals surface area contributed by atoms with E-state index in [-0.39, 0.29) is 35.7 Å². The number of carbonyl (C=O) groups is 2. The maximum atomic E-state index is 13.5. The van der Waals surface area contributed by atoms with Gasteiger partial charge in [-0.15, -0.1) is 0 Å². The first-order valence-corrected chi connectivity index (χ1v) is 15.8. The Labute approximate surface area is 271 Å². The Balaban J connectivity index is 1.27. The van der Waals surface area contributed by atoms with Crippen molar-refractivity contribution in [3.05, 3.63) is 107 Å². The summed E-state index contributed by atoms with van der Waals surface area (Å²) >= 11 is 0. The molecule has 5 aromatic rings. The highest BCUT2D eigenvalue weighted by Crippen LogP contribution is 2.37. The van der Waals surface area contributed by atoms with Crippen LogP contribution in [-0.2, 0) is 4.79 Å². The third-order valence-corrected chi connectivity index (χ3v) is 8.60. The van der Waals surface area contributed by atoms with Gasteiger partial charge in [0.15, 0.2) is 0 Å². The number of rotatable bonds is 8. The minimum atomic E-state index is -0.630. The van der Waals surface area contributed by atoms with Gasteiger partial charge in [-0.2, -0.15) is 0 Å². The summed E-state index contributed by atoms with van der Waals surface area (Å²) in [6.45, 7) is 7.30. The minimum absolute atomic E-state index is 0.0227. The Morgan fingerprint density at radius 3 is 2.40 bits per heavy atom. The van der Waals surface area contributed by atoms with Crippen molar-refractivity contribution in [3.63, 3.8) is 0 Å². The molecule has 4 heterocycles. The second-order valence-electron chi connectivity index (χ2n) is 11.9. The summed E-state index contributed by atoms with van der Waals surface area (Å²) < 4.78 is 22.5. The van der Waals surface area contributed by atoms with Crippen molar-refractivity contribution < 1.29 is 18.7 Å². The molecule has 2 amide bonds. The van der Waals surface area contributed by atoms with Crippen molar-refractivity contribution in [3.8, 4) is 22.6 Å². The molecule has 242 valence electrons. The lowest BCUT2D eigenvalue weighted by Crippen LogP contribution is -2.40. The monoisotopic (exact) mass is 636 g/mol. The summed E-state index contributed by atoms with van der Waals surface area (Å²) in [7, 11) is 0. The van der Waals surface area contributed by atoms with Crippen molar-refractivity contribution in [2.45, 2.75) is 39.5 Å². The van der Waals surface area contributed by atoms with Crippen LogP contribution in [-0.4, -0.2) is 50.4 Å². The first-order valence-electron chi connectivity index (χ1n) is 15.8. The Kier molecular flexibility index (Phi) is 8.80. The maximum absolute atomic E-state index is 13.5. The minimum Gasteiger partial charge on any atom is -0.493 e. The SMILES string of the molecule is CCOc1ccn(-c2ccc(F)cc2)c(=O)c1C(=O)Nc1ccc(-c2cc(C3CCN(C(=O)C(C)C)CC3)n3ccnc(N)c23)cc1. The van der Waals surface area contributed by atoms with Gasteiger partial charge in [0.05, 0.1) is 12.1 Å². The predicted molar refractivity (Wildman–Crippen MR) is 180 cm³/mol. The van der Waals surface area contributed by atoms with E-state index in [0.717, 1.165) is 35.2 Å². The number of ether oxygens (including phenoxy) is 1. The summed E-state index contributed by atoms with van der Waals surface area (Å²) in [4.78, 5) is 45.8. The number of pyridine rings is 1. The van der Waals surface area contributed by atoms with E-state index in [1.54, 1.807) is 31.3 Å². The fourth-order valence-corrected chi connectivity index (χ4v) is 6.24. The number of carbonyl (C=O) groups excluding carboxylic acids is 2. The molecule has 0 aliphatic carbocycles. The van der Waals surface area contributed by atoms with E-state index in [4.69, 9.17) is 10.5 Å². The molecule has 1 saturated heterocycles. The van der Waals surface area contributed by atoms with Crippen LogP contribution < -0.4 is 21.3 Å². The molecule has 0 spiro atoms. The van der Waals surface area contributed by atoms with Crippen molar-refractivity contribution in [2.24, 2.45) is 5.92 Å². The Morgan fingerprint density at radius 2 is 1.74 bits per heavy atom. The molecule has 47 heavy (non-hydrogen) atoms. The molecule has 3 aromatic heterocycles. The van der Waals surface area contributed by atoms with Crippen LogP contribution in [0.3, 0.4) is 0 Å². The van der Waals surface area contributed by atoms with Gasteiger partial charge in [-0.3, -0.25) is 19.0 Å². The fraction of sp³-hybridized carbons (Fsp3) is 0.278. The molecule has 0 unspecified atom stereocenters. The van der Waals surface area contributed by atoms with Crippen molar-refractivity contribution >= 4 is 28.8 Å². The number of likely N-dealkylation sites (tertiary alicyclic amines) is 1. The zero-order valence-electron chi connectivity index (χ0n) is 26.6. The van der Waals surface area contributed by atoms with E-state index in [0.29, 0.717) is 30.3 Å². The number of nitrogens with one attached hydrogen (secondary N) is 1. The molecule has 1 aliphatic heterocycles. The number of amides is 2. The number of halogens is 1. The van der Waals surface area contributed by atoms with Gasteiger partial charge in [0.2, 0.25) is 5.91 Å². The van der Waals surface area contributed by atoms with Crippen LogP contribution in [0.4, 0.5) is 15.9 Å². The van der Waals surface area contributed by atoms with Crippen LogP contribution in [0.5, 0.6) is 5.75 Å². The van der Waals surface area contributed by atoms with Crippen LogP contribution >= 0.6 is 0 Å². The van der Waals surface area contributed by atoms with E-state index in [2.05, 4.69) is 20.8 Å². The third-order valence-electron chi connectivity index (χ3n) is 8.60. The molecule has 11 heteroatoms. The molecule has 3 N–H and O–H groups in total. The second-order valence-corrected chi connectivity index (χ2v) is 11.9. The Morgan fingerprint density at radius 1 is 1.04 bits per heavy atom. The van der Waals surface area contributed by atoms with Gasteiger partial charge in [0.25, 0.3) is 11.5 Å². The molecular formula is C36H37FN6O4. The number of nitrogens with two attached hydrogens (primary N) is 1. The predicted octanol–water partition coefficient (Wildman–Crippen LogP) is 5.89. The third kappa shape index (κ3) is 6.20. The molecular weight excluding hydrogens is 599 g/mol. The van der Waals surface area contributed by atoms with E-state index < -0.39 is 17.3 Å². The van der Waals surface area contributed by atoms with Gasteiger partial charge in [-0.05, 0) is 73.9 Å². The molecule has 10 nitrogen and oxygen atoms in total. The maximum Gasteiger partial charge on any atom is 0.271 e. The number of piperidine rings is 1. The second kappa shape index (κ2) is 13.1. The van der Waals surface area contributed by atoms with Crippen molar-refractivity contribution in [2.75, 3.05) is 30.7 Å². The van der Waals surface area contributed by atoms with Crippen molar-refractivity contribution in [1.29, 1.82) is 0 Å². The Hall–Kier alpha value is -5.45. The summed E-state index contributed by atoms with van der Waals surface area (Å²) in [6, 6.07) is 16.4. The number of benzene rings is 2. The summed E-state index contributed by atoms with van der Waals surface area (Å²) in [5, 5.41) is 2.82. The number of nitrogen functional groups attached to an aromatic ring is 1. The first-order chi connectivity index (χ1) is 22.7. The highest BCUT2D eigenvalue weighted by molar-refractivity contribution is 6.06. The van der Waals surface area contributed by atoms with Crippen molar-refractivity contribution in [1.82, 2.24) is 18.9 Å². The molecule has 0 saturated carbocycles. The zero-order valence-corrected chi connectivity index (χ0v) is 26.6. The number of nitrogens with zero attached hydrogens (tertiary/aromatic N) is 4. The summed E-state index contributed by atoms with van der Waals surface area (Å²) in [5.41, 5.74) is 10.3. The standard InChI is InChI=1S/C36H37FN6O4/c1-4-47-30-15-19-42(27-11-7-25(37)8-12-27)36(46)31(30)34(44)40-26-9-5-23(6-10-26)28-21-29(43-20-16-39-33(38)32(28)43)24-13-17-41(18-14-24)35(45)22(2)3/h5-12,15-16,19-22,24H,4,13-14,17-18H2,1-3H3,(H2,38,39)(H,40,44). The lowest BCUT2D eigenvalue weighted by molar-refractivity contribution is -0.135. The number of aromatic nitrogens is 3. The molecule has 0 atom stereocenters. The fourth-order valence-electron chi connectivity index (χ4n) is 6.24.